The second-order valence-corrected chi connectivity index (χ2v) is 21.7. The molecular formula is C24H19FSSn. The maximum atomic E-state index is 13.5. The Labute approximate surface area is 166 Å². The summed E-state index contributed by atoms with van der Waals surface area (Å²) in [7, 11) is 1.95. The van der Waals surface area contributed by atoms with Crippen molar-refractivity contribution in [1.82, 2.24) is 0 Å². The average Bonchev–Trinajstić information content (AvgIpc) is 2.75. The van der Waals surface area contributed by atoms with Gasteiger partial charge >= 0.3 is 167 Å². The summed E-state index contributed by atoms with van der Waals surface area (Å²) in [5.41, 5.74) is 0. The normalized spacial score (nSPS) is 11.3. The zero-order valence-corrected chi connectivity index (χ0v) is 18.4. The number of rotatable bonds is 5. The zero-order chi connectivity index (χ0) is 18.5. The van der Waals surface area contributed by atoms with Crippen molar-refractivity contribution in [1.29, 1.82) is 0 Å². The molecule has 0 fully saturated rings. The van der Waals surface area contributed by atoms with Gasteiger partial charge in [0.25, 0.3) is 0 Å². The van der Waals surface area contributed by atoms with E-state index < -0.39 is 17.0 Å². The van der Waals surface area contributed by atoms with Crippen LogP contribution in [0.4, 0.5) is 4.39 Å². The zero-order valence-electron chi connectivity index (χ0n) is 14.8. The van der Waals surface area contributed by atoms with Gasteiger partial charge < -0.3 is 0 Å². The van der Waals surface area contributed by atoms with Gasteiger partial charge in [-0.3, -0.25) is 0 Å². The fraction of sp³-hybridized carbons (Fsp3) is 0. The van der Waals surface area contributed by atoms with Gasteiger partial charge in [-0.15, -0.1) is 0 Å². The number of hydrogen-bond acceptors (Lipinski definition) is 1. The van der Waals surface area contributed by atoms with Gasteiger partial charge in [-0.2, -0.15) is 0 Å². The first-order chi connectivity index (χ1) is 13.3. The van der Waals surface area contributed by atoms with E-state index in [1.165, 1.54) is 10.7 Å². The Morgan fingerprint density at radius 3 is 1.22 bits per heavy atom. The Kier molecular flexibility index (Phi) is 5.65. The quantitative estimate of drug-likeness (QED) is 0.380. The molecule has 0 aliphatic rings. The molecule has 0 spiro atoms. The molecule has 0 aromatic heterocycles. The van der Waals surface area contributed by atoms with Crippen LogP contribution in [0.3, 0.4) is 0 Å². The van der Waals surface area contributed by atoms with Gasteiger partial charge in [-0.05, 0) is 0 Å². The Balaban J connectivity index is 1.98. The molecule has 0 heterocycles. The van der Waals surface area contributed by atoms with Crippen LogP contribution in [0.5, 0.6) is 0 Å². The molecule has 0 aliphatic carbocycles. The van der Waals surface area contributed by atoms with Gasteiger partial charge in [0.1, 0.15) is 0 Å². The van der Waals surface area contributed by atoms with Gasteiger partial charge in [-0.1, -0.05) is 0 Å². The van der Waals surface area contributed by atoms with Crippen molar-refractivity contribution in [3.8, 4) is 0 Å². The molecule has 0 amide bonds. The monoisotopic (exact) mass is 478 g/mol. The minimum absolute atomic E-state index is 0.195. The molecule has 0 bridgehead atoms. The summed E-state index contributed by atoms with van der Waals surface area (Å²) in [5.74, 6) is -0.195. The van der Waals surface area contributed by atoms with E-state index in [1.807, 2.05) is 21.1 Å². The predicted octanol–water partition coefficient (Wildman–Crippen LogP) is 4.58. The topological polar surface area (TPSA) is 0 Å². The van der Waals surface area contributed by atoms with Crippen molar-refractivity contribution in [2.75, 3.05) is 0 Å². The standard InChI is InChI=1S/C6H5FS.3C6H5.Sn/c7-5-1-3-6(8)4-2-5;3*1-2-4-6-5-3-1;/h1-4,8H;3*1-5H;/q;;;;+1/p-1. The third-order valence-electron chi connectivity index (χ3n) is 4.63. The van der Waals surface area contributed by atoms with Crippen molar-refractivity contribution >= 4 is 36.7 Å². The van der Waals surface area contributed by atoms with Crippen LogP contribution in [0.25, 0.3) is 0 Å². The van der Waals surface area contributed by atoms with E-state index in [2.05, 4.69) is 91.0 Å². The van der Waals surface area contributed by atoms with Crippen molar-refractivity contribution in [3.05, 3.63) is 121 Å². The molecule has 0 unspecified atom stereocenters. The van der Waals surface area contributed by atoms with E-state index >= 15 is 0 Å². The molecule has 4 rings (SSSR count). The Bertz CT molecular complexity index is 890. The summed E-state index contributed by atoms with van der Waals surface area (Å²) >= 11 is -3.39. The number of halogens is 1. The maximum absolute atomic E-state index is 13.5. The molecule has 27 heavy (non-hydrogen) atoms. The van der Waals surface area contributed by atoms with Crippen molar-refractivity contribution in [3.63, 3.8) is 0 Å². The van der Waals surface area contributed by atoms with Crippen molar-refractivity contribution in [2.45, 2.75) is 4.90 Å². The molecular weight excluding hydrogens is 458 g/mol. The molecule has 0 atom stereocenters. The van der Waals surface area contributed by atoms with Crippen LogP contribution in [-0.4, -0.2) is 17.0 Å². The molecule has 4 aromatic carbocycles. The number of hydrogen-bond donors (Lipinski definition) is 0. The molecule has 0 aliphatic heterocycles. The van der Waals surface area contributed by atoms with Gasteiger partial charge in [-0.25, -0.2) is 0 Å². The summed E-state index contributed by atoms with van der Waals surface area (Å²) in [6.45, 7) is 0. The van der Waals surface area contributed by atoms with Crippen LogP contribution in [-0.2, 0) is 0 Å². The van der Waals surface area contributed by atoms with Crippen LogP contribution >= 0.6 is 8.95 Å². The van der Waals surface area contributed by atoms with E-state index in [-0.39, 0.29) is 5.82 Å². The van der Waals surface area contributed by atoms with Gasteiger partial charge in [0.15, 0.2) is 0 Å². The predicted molar refractivity (Wildman–Crippen MR) is 116 cm³/mol. The van der Waals surface area contributed by atoms with E-state index in [0.29, 0.717) is 0 Å². The molecule has 0 nitrogen and oxygen atoms in total. The summed E-state index contributed by atoms with van der Waals surface area (Å²) in [4.78, 5) is 1.11. The van der Waals surface area contributed by atoms with E-state index in [0.717, 1.165) is 4.90 Å². The van der Waals surface area contributed by atoms with E-state index in [9.17, 15) is 4.39 Å². The van der Waals surface area contributed by atoms with Crippen LogP contribution in [0.1, 0.15) is 0 Å². The van der Waals surface area contributed by atoms with Gasteiger partial charge in [0.2, 0.25) is 0 Å². The summed E-state index contributed by atoms with van der Waals surface area (Å²) < 4.78 is 17.7. The SMILES string of the molecule is Fc1ccc([S][Sn]([c]2ccccc2)([c]2ccccc2)[c]2ccccc2)cc1. The first kappa shape index (κ1) is 18.3. The van der Waals surface area contributed by atoms with Crippen LogP contribution in [0, 0.1) is 5.82 Å². The van der Waals surface area contributed by atoms with E-state index in [1.54, 1.807) is 12.1 Å². The first-order valence-corrected chi connectivity index (χ1v) is 17.5. The summed E-state index contributed by atoms with van der Waals surface area (Å²) in [6, 6.07) is 39.4. The molecule has 3 heteroatoms. The van der Waals surface area contributed by atoms with Crippen molar-refractivity contribution < 1.29 is 4.39 Å². The van der Waals surface area contributed by atoms with Crippen LogP contribution < -0.4 is 10.7 Å². The fourth-order valence-electron chi connectivity index (χ4n) is 3.37. The Morgan fingerprint density at radius 2 is 0.852 bits per heavy atom. The third-order valence-corrected chi connectivity index (χ3v) is 24.6. The molecule has 0 saturated carbocycles. The molecule has 0 saturated heterocycles. The minimum atomic E-state index is -3.39. The molecule has 0 radical (unpaired) electrons. The number of benzene rings is 4. The Hall–Kier alpha value is -2.04. The van der Waals surface area contributed by atoms with Gasteiger partial charge in [0, 0.05) is 0 Å². The van der Waals surface area contributed by atoms with Crippen LogP contribution in [0.15, 0.2) is 120 Å². The summed E-state index contributed by atoms with van der Waals surface area (Å²) in [6.07, 6.45) is 0. The molecule has 4 aromatic rings. The molecule has 0 N–H and O–H groups in total. The van der Waals surface area contributed by atoms with Crippen molar-refractivity contribution in [2.24, 2.45) is 0 Å². The fourth-order valence-corrected chi connectivity index (χ4v) is 22.8. The first-order valence-electron chi connectivity index (χ1n) is 8.90. The second-order valence-electron chi connectivity index (χ2n) is 6.34. The third kappa shape index (κ3) is 3.82. The summed E-state index contributed by atoms with van der Waals surface area (Å²) in [5, 5.41) is 0. The Morgan fingerprint density at radius 1 is 0.481 bits per heavy atom. The van der Waals surface area contributed by atoms with Gasteiger partial charge in [0.05, 0.1) is 0 Å². The second kappa shape index (κ2) is 8.32. The molecule has 132 valence electrons. The van der Waals surface area contributed by atoms with Crippen LogP contribution in [0.2, 0.25) is 0 Å². The average molecular weight is 477 g/mol. The van der Waals surface area contributed by atoms with E-state index in [4.69, 9.17) is 0 Å².